The number of rotatable bonds is 4. The molecule has 0 aromatic heterocycles. The minimum Gasteiger partial charge on any atom is -0.492 e. The molecule has 0 atom stereocenters. The van der Waals surface area contributed by atoms with E-state index in [4.69, 9.17) is 9.84 Å². The Labute approximate surface area is 113 Å². The van der Waals surface area contributed by atoms with Gasteiger partial charge in [-0.25, -0.2) is 0 Å². The molecule has 1 aliphatic heterocycles. The summed E-state index contributed by atoms with van der Waals surface area (Å²) in [6, 6.07) is 7.40. The Morgan fingerprint density at radius 2 is 2.32 bits per heavy atom. The predicted octanol–water partition coefficient (Wildman–Crippen LogP) is 1.03. The fourth-order valence-electron chi connectivity index (χ4n) is 2.02. The lowest BCUT2D eigenvalue weighted by atomic mass is 10.2. The van der Waals surface area contributed by atoms with E-state index in [0.717, 1.165) is 24.3 Å². The molecule has 1 N–H and O–H groups in total. The third kappa shape index (κ3) is 4.01. The minimum atomic E-state index is -0.151. The maximum atomic E-state index is 11.4. The first kappa shape index (κ1) is 13.4. The summed E-state index contributed by atoms with van der Waals surface area (Å²) in [5, 5.41) is 8.64. The van der Waals surface area contributed by atoms with Crippen molar-refractivity contribution in [2.75, 3.05) is 26.3 Å². The van der Waals surface area contributed by atoms with E-state index >= 15 is 0 Å². The van der Waals surface area contributed by atoms with Gasteiger partial charge in [0.1, 0.15) is 19.0 Å². The van der Waals surface area contributed by atoms with Crippen LogP contribution in [0, 0.1) is 11.8 Å². The molecule has 1 aromatic rings. The lowest BCUT2D eigenvalue weighted by molar-refractivity contribution is -0.128. The van der Waals surface area contributed by atoms with Gasteiger partial charge in [0.25, 0.3) is 0 Å². The molecule has 0 spiro atoms. The zero-order chi connectivity index (χ0) is 13.5. The van der Waals surface area contributed by atoms with Gasteiger partial charge in [-0.1, -0.05) is 17.9 Å². The molecule has 0 saturated carbocycles. The van der Waals surface area contributed by atoms with E-state index in [1.54, 1.807) is 0 Å². The maximum absolute atomic E-state index is 11.4. The van der Waals surface area contributed by atoms with Crippen molar-refractivity contribution in [3.8, 4) is 17.6 Å². The van der Waals surface area contributed by atoms with E-state index < -0.39 is 0 Å². The molecule has 4 heteroatoms. The van der Waals surface area contributed by atoms with Crippen molar-refractivity contribution < 1.29 is 14.6 Å². The SMILES string of the molecule is O=C1CCCN1CCOc1cccc(C#CCO)c1. The van der Waals surface area contributed by atoms with Crippen LogP contribution in [0.15, 0.2) is 24.3 Å². The molecule has 1 amide bonds. The molecule has 0 aliphatic carbocycles. The van der Waals surface area contributed by atoms with Crippen molar-refractivity contribution >= 4 is 5.91 Å². The summed E-state index contributed by atoms with van der Waals surface area (Å²) < 4.78 is 5.61. The van der Waals surface area contributed by atoms with Crippen LogP contribution >= 0.6 is 0 Å². The molecule has 4 nitrogen and oxygen atoms in total. The lowest BCUT2D eigenvalue weighted by Crippen LogP contribution is -2.29. The van der Waals surface area contributed by atoms with Gasteiger partial charge < -0.3 is 14.7 Å². The molecule has 100 valence electrons. The van der Waals surface area contributed by atoms with E-state index in [9.17, 15) is 4.79 Å². The summed E-state index contributed by atoms with van der Waals surface area (Å²) in [6.07, 6.45) is 1.61. The van der Waals surface area contributed by atoms with E-state index in [1.165, 1.54) is 0 Å². The number of aliphatic hydroxyl groups excluding tert-OH is 1. The summed E-state index contributed by atoms with van der Waals surface area (Å²) in [5.74, 6) is 6.37. The van der Waals surface area contributed by atoms with Crippen LogP contribution in [0.4, 0.5) is 0 Å². The van der Waals surface area contributed by atoms with Crippen LogP contribution in [-0.4, -0.2) is 42.2 Å². The summed E-state index contributed by atoms with van der Waals surface area (Å²) >= 11 is 0. The summed E-state index contributed by atoms with van der Waals surface area (Å²) in [6.45, 7) is 1.81. The Hall–Kier alpha value is -1.99. The number of nitrogens with zero attached hydrogens (tertiary/aromatic N) is 1. The highest BCUT2D eigenvalue weighted by Crippen LogP contribution is 2.13. The fraction of sp³-hybridized carbons (Fsp3) is 0.400. The standard InChI is InChI=1S/C15H17NO3/c17-10-3-5-13-4-1-6-14(12-13)19-11-9-16-8-2-7-15(16)18/h1,4,6,12,17H,2,7-11H2. The topological polar surface area (TPSA) is 49.8 Å². The number of likely N-dealkylation sites (tertiary alicyclic amines) is 1. The van der Waals surface area contributed by atoms with Crippen LogP contribution in [0.1, 0.15) is 18.4 Å². The smallest absolute Gasteiger partial charge is 0.222 e. The van der Waals surface area contributed by atoms with Gasteiger partial charge in [-0.15, -0.1) is 0 Å². The van der Waals surface area contributed by atoms with Gasteiger partial charge in [-0.2, -0.15) is 0 Å². The van der Waals surface area contributed by atoms with Crippen LogP contribution in [0.5, 0.6) is 5.75 Å². The molecule has 1 heterocycles. The zero-order valence-corrected chi connectivity index (χ0v) is 10.8. The average Bonchev–Trinajstić information content (AvgIpc) is 2.83. The molecular weight excluding hydrogens is 242 g/mol. The van der Waals surface area contributed by atoms with Gasteiger partial charge >= 0.3 is 0 Å². The van der Waals surface area contributed by atoms with Crippen LogP contribution in [-0.2, 0) is 4.79 Å². The van der Waals surface area contributed by atoms with Gasteiger partial charge in [0.15, 0.2) is 0 Å². The number of amides is 1. The highest BCUT2D eigenvalue weighted by atomic mass is 16.5. The second-order valence-electron chi connectivity index (χ2n) is 4.32. The van der Waals surface area contributed by atoms with Crippen molar-refractivity contribution in [2.45, 2.75) is 12.8 Å². The van der Waals surface area contributed by atoms with Crippen LogP contribution in [0.3, 0.4) is 0 Å². The van der Waals surface area contributed by atoms with Gasteiger partial charge in [0, 0.05) is 18.5 Å². The average molecular weight is 259 g/mol. The van der Waals surface area contributed by atoms with Crippen molar-refractivity contribution in [1.82, 2.24) is 4.90 Å². The number of carbonyl (C=O) groups is 1. The Bertz CT molecular complexity index is 502. The van der Waals surface area contributed by atoms with Crippen LogP contribution in [0.2, 0.25) is 0 Å². The molecule has 19 heavy (non-hydrogen) atoms. The maximum Gasteiger partial charge on any atom is 0.222 e. The Balaban J connectivity index is 1.84. The second kappa shape index (κ2) is 6.81. The predicted molar refractivity (Wildman–Crippen MR) is 71.7 cm³/mol. The molecular formula is C15H17NO3. The van der Waals surface area contributed by atoms with Crippen molar-refractivity contribution in [2.24, 2.45) is 0 Å². The Morgan fingerprint density at radius 3 is 3.05 bits per heavy atom. The molecule has 2 rings (SSSR count). The third-order valence-corrected chi connectivity index (χ3v) is 2.95. The van der Waals surface area contributed by atoms with E-state index in [1.807, 2.05) is 29.2 Å². The first-order valence-electron chi connectivity index (χ1n) is 6.40. The minimum absolute atomic E-state index is 0.151. The second-order valence-corrected chi connectivity index (χ2v) is 4.32. The quantitative estimate of drug-likeness (QED) is 0.822. The molecule has 1 aliphatic rings. The number of aliphatic hydroxyl groups is 1. The monoisotopic (exact) mass is 259 g/mol. The molecule has 1 aromatic carbocycles. The van der Waals surface area contributed by atoms with Crippen molar-refractivity contribution in [3.05, 3.63) is 29.8 Å². The van der Waals surface area contributed by atoms with E-state index in [0.29, 0.717) is 19.6 Å². The third-order valence-electron chi connectivity index (χ3n) is 2.95. The van der Waals surface area contributed by atoms with Gasteiger partial charge in [0.05, 0.1) is 6.54 Å². The molecule has 1 saturated heterocycles. The zero-order valence-electron chi connectivity index (χ0n) is 10.8. The van der Waals surface area contributed by atoms with E-state index in [-0.39, 0.29) is 12.5 Å². The number of ether oxygens (including phenoxy) is 1. The number of benzene rings is 1. The van der Waals surface area contributed by atoms with Gasteiger partial charge in [0.2, 0.25) is 5.91 Å². The van der Waals surface area contributed by atoms with Crippen molar-refractivity contribution in [3.63, 3.8) is 0 Å². The summed E-state index contributed by atoms with van der Waals surface area (Å²) in [4.78, 5) is 13.2. The number of hydrogen-bond donors (Lipinski definition) is 1. The van der Waals surface area contributed by atoms with Crippen molar-refractivity contribution in [1.29, 1.82) is 0 Å². The number of hydrogen-bond acceptors (Lipinski definition) is 3. The first-order valence-corrected chi connectivity index (χ1v) is 6.40. The van der Waals surface area contributed by atoms with E-state index in [2.05, 4.69) is 11.8 Å². The fourth-order valence-corrected chi connectivity index (χ4v) is 2.02. The Morgan fingerprint density at radius 1 is 1.42 bits per heavy atom. The lowest BCUT2D eigenvalue weighted by Gasteiger charge is -2.15. The van der Waals surface area contributed by atoms with Crippen LogP contribution < -0.4 is 4.74 Å². The summed E-state index contributed by atoms with van der Waals surface area (Å²) in [7, 11) is 0. The van der Waals surface area contributed by atoms with Crippen LogP contribution in [0.25, 0.3) is 0 Å². The first-order chi connectivity index (χ1) is 9.29. The number of carbonyl (C=O) groups excluding carboxylic acids is 1. The summed E-state index contributed by atoms with van der Waals surface area (Å²) in [5.41, 5.74) is 0.809. The molecule has 0 bridgehead atoms. The highest BCUT2D eigenvalue weighted by Gasteiger charge is 2.19. The highest BCUT2D eigenvalue weighted by molar-refractivity contribution is 5.78. The molecule has 1 fully saturated rings. The largest absolute Gasteiger partial charge is 0.492 e. The van der Waals surface area contributed by atoms with Gasteiger partial charge in [-0.3, -0.25) is 4.79 Å². The van der Waals surface area contributed by atoms with Gasteiger partial charge in [-0.05, 0) is 24.6 Å². The normalized spacial score (nSPS) is 14.2. The molecule has 0 unspecified atom stereocenters. The Kier molecular flexibility index (Phi) is 4.82. The molecule has 0 radical (unpaired) electrons.